The predicted octanol–water partition coefficient (Wildman–Crippen LogP) is 3.29. The number of carbonyl (C=O) groups is 1. The molecular formula is C22H28N8O. The zero-order chi connectivity index (χ0) is 21.5. The Morgan fingerprint density at radius 2 is 2.13 bits per heavy atom. The highest BCUT2D eigenvalue weighted by Crippen LogP contribution is 2.44. The van der Waals surface area contributed by atoms with Gasteiger partial charge in [0.15, 0.2) is 0 Å². The number of hydrogen-bond donors (Lipinski definition) is 3. The van der Waals surface area contributed by atoms with Crippen molar-refractivity contribution in [2.24, 2.45) is 7.05 Å². The van der Waals surface area contributed by atoms with E-state index in [1.54, 1.807) is 10.9 Å². The maximum atomic E-state index is 12.3. The third kappa shape index (κ3) is 3.87. The van der Waals surface area contributed by atoms with Crippen LogP contribution in [0.15, 0.2) is 31.2 Å². The molecule has 162 valence electrons. The molecule has 1 saturated heterocycles. The summed E-state index contributed by atoms with van der Waals surface area (Å²) in [6.45, 7) is 6.38. The molecule has 0 radical (unpaired) electrons. The third-order valence-electron chi connectivity index (χ3n) is 6.22. The lowest BCUT2D eigenvalue weighted by Gasteiger charge is -2.38. The Kier molecular flexibility index (Phi) is 4.88. The van der Waals surface area contributed by atoms with Gasteiger partial charge in [-0.1, -0.05) is 6.58 Å². The van der Waals surface area contributed by atoms with Gasteiger partial charge in [0.25, 0.3) is 0 Å². The van der Waals surface area contributed by atoms with E-state index in [1.807, 2.05) is 18.1 Å². The van der Waals surface area contributed by atoms with Crippen LogP contribution in [0.5, 0.6) is 0 Å². The van der Waals surface area contributed by atoms with Gasteiger partial charge >= 0.3 is 0 Å². The number of piperidine rings is 1. The van der Waals surface area contributed by atoms with Crippen LogP contribution in [-0.2, 0) is 11.8 Å². The zero-order valence-corrected chi connectivity index (χ0v) is 17.9. The molecule has 31 heavy (non-hydrogen) atoms. The largest absolute Gasteiger partial charge is 0.365 e. The lowest BCUT2D eigenvalue weighted by molar-refractivity contribution is -0.129. The molecule has 3 aromatic rings. The summed E-state index contributed by atoms with van der Waals surface area (Å²) in [5.41, 5.74) is 2.92. The smallest absolute Gasteiger partial charge is 0.246 e. The van der Waals surface area contributed by atoms with Crippen molar-refractivity contribution < 1.29 is 4.79 Å². The van der Waals surface area contributed by atoms with Gasteiger partial charge in [-0.25, -0.2) is 0 Å². The summed E-state index contributed by atoms with van der Waals surface area (Å²) in [5, 5.41) is 12.1. The van der Waals surface area contributed by atoms with Crippen LogP contribution in [0.4, 0.5) is 17.5 Å². The highest BCUT2D eigenvalue weighted by molar-refractivity contribution is 5.93. The fourth-order valence-electron chi connectivity index (χ4n) is 4.39. The Labute approximate surface area is 180 Å². The van der Waals surface area contributed by atoms with Crippen molar-refractivity contribution in [2.45, 2.75) is 50.6 Å². The number of hydrogen-bond acceptors (Lipinski definition) is 6. The fourth-order valence-corrected chi connectivity index (χ4v) is 4.39. The number of carbonyl (C=O) groups excluding carboxylic acids is 1. The third-order valence-corrected chi connectivity index (χ3v) is 6.22. The van der Waals surface area contributed by atoms with E-state index < -0.39 is 0 Å². The molecule has 3 aromatic heterocycles. The number of nitrogens with zero attached hydrogens (tertiary/aromatic N) is 5. The number of rotatable bonds is 6. The average Bonchev–Trinajstić information content (AvgIpc) is 3.39. The average molecular weight is 421 g/mol. The van der Waals surface area contributed by atoms with Gasteiger partial charge in [-0.15, -0.1) is 0 Å². The van der Waals surface area contributed by atoms with E-state index in [2.05, 4.69) is 40.4 Å². The van der Waals surface area contributed by atoms with Crippen LogP contribution in [0.1, 0.15) is 44.1 Å². The number of amides is 1. The molecule has 9 nitrogen and oxygen atoms in total. The van der Waals surface area contributed by atoms with Gasteiger partial charge in [0.2, 0.25) is 11.9 Å². The van der Waals surface area contributed by atoms with Crippen LogP contribution in [0.3, 0.4) is 0 Å². The molecule has 0 bridgehead atoms. The molecule has 1 saturated carbocycles. The second-order valence-electron chi connectivity index (χ2n) is 8.63. The van der Waals surface area contributed by atoms with Crippen molar-refractivity contribution in [3.63, 3.8) is 0 Å². The Morgan fingerprint density at radius 1 is 1.29 bits per heavy atom. The van der Waals surface area contributed by atoms with E-state index in [-0.39, 0.29) is 18.0 Å². The molecular weight excluding hydrogens is 392 g/mol. The molecule has 3 N–H and O–H groups in total. The minimum Gasteiger partial charge on any atom is -0.365 e. The van der Waals surface area contributed by atoms with Crippen LogP contribution in [-0.4, -0.2) is 54.2 Å². The van der Waals surface area contributed by atoms with E-state index in [9.17, 15) is 4.79 Å². The molecule has 0 aromatic carbocycles. The zero-order valence-electron chi connectivity index (χ0n) is 17.9. The van der Waals surface area contributed by atoms with Crippen molar-refractivity contribution in [3.8, 4) is 0 Å². The Morgan fingerprint density at radius 3 is 2.84 bits per heavy atom. The fraction of sp³-hybridized carbons (Fsp3) is 0.455. The SMILES string of the molecule is C=CC(=O)N1CC(Nc2nc(Nc3cnn(C)c3)nc3[nH]cc(C4CC4)c23)CCC1C. The van der Waals surface area contributed by atoms with Crippen LogP contribution in [0.25, 0.3) is 11.0 Å². The normalized spacial score (nSPS) is 21.3. The highest BCUT2D eigenvalue weighted by Gasteiger charge is 2.31. The topological polar surface area (TPSA) is 104 Å². The summed E-state index contributed by atoms with van der Waals surface area (Å²) in [4.78, 5) is 27.0. The van der Waals surface area contributed by atoms with Crippen molar-refractivity contribution in [2.75, 3.05) is 17.2 Å². The number of likely N-dealkylation sites (tertiary alicyclic amines) is 1. The molecule has 2 unspecified atom stereocenters. The molecule has 4 heterocycles. The maximum absolute atomic E-state index is 12.3. The number of aromatic nitrogens is 5. The van der Waals surface area contributed by atoms with Gasteiger partial charge in [0.05, 0.1) is 17.3 Å². The number of aryl methyl sites for hydroxylation is 1. The van der Waals surface area contributed by atoms with Crippen LogP contribution in [0.2, 0.25) is 0 Å². The van der Waals surface area contributed by atoms with Crippen molar-refractivity contribution in [1.82, 2.24) is 29.6 Å². The number of H-pyrrole nitrogens is 1. The van der Waals surface area contributed by atoms with Crippen molar-refractivity contribution in [1.29, 1.82) is 0 Å². The van der Waals surface area contributed by atoms with Gasteiger partial charge < -0.3 is 20.5 Å². The molecule has 2 fully saturated rings. The molecule has 2 atom stereocenters. The summed E-state index contributed by atoms with van der Waals surface area (Å²) < 4.78 is 1.73. The first-order valence-electron chi connectivity index (χ1n) is 10.9. The van der Waals surface area contributed by atoms with Crippen molar-refractivity contribution >= 4 is 34.4 Å². The molecule has 2 aliphatic rings. The number of fused-ring (bicyclic) bond motifs is 1. The van der Waals surface area contributed by atoms with Gasteiger partial charge in [-0.3, -0.25) is 9.48 Å². The van der Waals surface area contributed by atoms with E-state index in [1.165, 1.54) is 24.5 Å². The van der Waals surface area contributed by atoms with Gasteiger partial charge in [-0.05, 0) is 50.2 Å². The minimum absolute atomic E-state index is 0.0221. The maximum Gasteiger partial charge on any atom is 0.246 e. The quantitative estimate of drug-likeness (QED) is 0.529. The molecule has 1 aliphatic carbocycles. The molecule has 5 rings (SSSR count). The van der Waals surface area contributed by atoms with Crippen molar-refractivity contribution in [3.05, 3.63) is 36.8 Å². The summed E-state index contributed by atoms with van der Waals surface area (Å²) in [6, 6.07) is 0.331. The summed E-state index contributed by atoms with van der Waals surface area (Å²) in [7, 11) is 1.87. The second kappa shape index (κ2) is 7.72. The summed E-state index contributed by atoms with van der Waals surface area (Å²) in [5.74, 6) is 1.87. The number of aromatic amines is 1. The molecule has 1 aliphatic heterocycles. The first-order valence-corrected chi connectivity index (χ1v) is 10.9. The Bertz CT molecular complexity index is 1130. The summed E-state index contributed by atoms with van der Waals surface area (Å²) >= 11 is 0. The van der Waals surface area contributed by atoms with E-state index >= 15 is 0 Å². The van der Waals surface area contributed by atoms with Gasteiger partial charge in [-0.2, -0.15) is 15.1 Å². The van der Waals surface area contributed by atoms with Crippen LogP contribution < -0.4 is 10.6 Å². The highest BCUT2D eigenvalue weighted by atomic mass is 16.2. The predicted molar refractivity (Wildman–Crippen MR) is 120 cm³/mol. The van der Waals surface area contributed by atoms with Gasteiger partial charge in [0.1, 0.15) is 11.5 Å². The van der Waals surface area contributed by atoms with Crippen LogP contribution >= 0.6 is 0 Å². The Balaban J connectivity index is 1.47. The Hall–Kier alpha value is -3.36. The first-order chi connectivity index (χ1) is 15.0. The number of nitrogens with one attached hydrogen (secondary N) is 3. The first kappa shape index (κ1) is 19.6. The minimum atomic E-state index is -0.0221. The second-order valence-corrected chi connectivity index (χ2v) is 8.63. The molecule has 0 spiro atoms. The van der Waals surface area contributed by atoms with E-state index in [0.717, 1.165) is 35.4 Å². The number of anilines is 3. The molecule has 9 heteroatoms. The standard InChI is InChI=1S/C22H28N8O/c1-4-18(31)30-12-15(8-5-13(30)2)25-21-19-17(14-6-7-14)10-23-20(19)27-22(28-21)26-16-9-24-29(3)11-16/h4,9-11,13-15H,1,5-8,12H2,2-3H3,(H3,23,25,26,27,28). The monoisotopic (exact) mass is 420 g/mol. The lowest BCUT2D eigenvalue weighted by Crippen LogP contribution is -2.49. The molecule has 1 amide bonds. The van der Waals surface area contributed by atoms with E-state index in [4.69, 9.17) is 9.97 Å². The lowest BCUT2D eigenvalue weighted by atomic mass is 9.99. The van der Waals surface area contributed by atoms with Crippen LogP contribution in [0, 0.1) is 0 Å². The van der Waals surface area contributed by atoms with E-state index in [0.29, 0.717) is 18.4 Å². The van der Waals surface area contributed by atoms with Gasteiger partial charge in [0, 0.05) is 38.1 Å². The summed E-state index contributed by atoms with van der Waals surface area (Å²) in [6.07, 6.45) is 11.4.